The Morgan fingerprint density at radius 3 is 2.75 bits per heavy atom. The Hall–Kier alpha value is -0.120. The van der Waals surface area contributed by atoms with Crippen LogP contribution >= 0.6 is 0 Å². The molecule has 3 N–H and O–H groups in total. The lowest BCUT2D eigenvalue weighted by atomic mass is 10.2. The summed E-state index contributed by atoms with van der Waals surface area (Å²) < 4.78 is 5.19. The fraction of sp³-hybridized carbons (Fsp3) is 1.00. The molecule has 1 atom stereocenters. The van der Waals surface area contributed by atoms with E-state index >= 15 is 0 Å². The summed E-state index contributed by atoms with van der Waals surface area (Å²) in [5.41, 5.74) is 2.58. The molecule has 1 saturated heterocycles. The SMILES string of the molecule is NNC1CCCCO1. The monoisotopic (exact) mass is 116 g/mol. The molecule has 0 aromatic carbocycles. The molecule has 1 unspecified atom stereocenters. The van der Waals surface area contributed by atoms with E-state index in [0.29, 0.717) is 0 Å². The molecular formula is C5H12N2O. The van der Waals surface area contributed by atoms with E-state index in [1.165, 1.54) is 12.8 Å². The lowest BCUT2D eigenvalue weighted by Crippen LogP contribution is -2.39. The molecule has 0 aliphatic carbocycles. The highest BCUT2D eigenvalue weighted by molar-refractivity contribution is 4.56. The first-order chi connectivity index (χ1) is 3.93. The van der Waals surface area contributed by atoms with E-state index in [1.807, 2.05) is 0 Å². The van der Waals surface area contributed by atoms with Crippen molar-refractivity contribution >= 4 is 0 Å². The maximum atomic E-state index is 5.19. The van der Waals surface area contributed by atoms with Crippen molar-refractivity contribution in [3.05, 3.63) is 0 Å². The average Bonchev–Trinajstić information content (AvgIpc) is 1.90. The zero-order chi connectivity index (χ0) is 5.82. The molecule has 1 fully saturated rings. The number of hydrogen-bond donors (Lipinski definition) is 2. The Labute approximate surface area is 49.2 Å². The third-order valence-electron chi connectivity index (χ3n) is 1.37. The maximum Gasteiger partial charge on any atom is 0.120 e. The van der Waals surface area contributed by atoms with Gasteiger partial charge < -0.3 is 4.74 Å². The minimum atomic E-state index is 0.115. The van der Waals surface area contributed by atoms with Crippen LogP contribution in [0.15, 0.2) is 0 Å². The van der Waals surface area contributed by atoms with Gasteiger partial charge in [0.2, 0.25) is 0 Å². The van der Waals surface area contributed by atoms with Crippen molar-refractivity contribution in [1.82, 2.24) is 5.43 Å². The molecule has 0 radical (unpaired) electrons. The third kappa shape index (κ3) is 1.43. The predicted octanol–water partition coefficient (Wildman–Crippen LogP) is -0.0237. The second-order valence-electron chi connectivity index (χ2n) is 2.02. The van der Waals surface area contributed by atoms with Gasteiger partial charge in [-0.05, 0) is 19.3 Å². The highest BCUT2D eigenvalue weighted by Gasteiger charge is 2.09. The Kier molecular flexibility index (Phi) is 2.27. The molecule has 0 aromatic rings. The van der Waals surface area contributed by atoms with Crippen molar-refractivity contribution < 1.29 is 4.74 Å². The summed E-state index contributed by atoms with van der Waals surface area (Å²) in [5, 5.41) is 0. The predicted molar refractivity (Wildman–Crippen MR) is 30.9 cm³/mol. The van der Waals surface area contributed by atoms with Gasteiger partial charge >= 0.3 is 0 Å². The van der Waals surface area contributed by atoms with E-state index in [-0.39, 0.29) is 6.23 Å². The summed E-state index contributed by atoms with van der Waals surface area (Å²) in [6.07, 6.45) is 3.58. The smallest absolute Gasteiger partial charge is 0.120 e. The van der Waals surface area contributed by atoms with Crippen LogP contribution in [0.5, 0.6) is 0 Å². The number of nitrogens with one attached hydrogen (secondary N) is 1. The number of rotatable bonds is 1. The van der Waals surface area contributed by atoms with Crippen LogP contribution in [-0.4, -0.2) is 12.8 Å². The fourth-order valence-corrected chi connectivity index (χ4v) is 0.872. The van der Waals surface area contributed by atoms with Crippen LogP contribution in [0.25, 0.3) is 0 Å². The highest BCUT2D eigenvalue weighted by Crippen LogP contribution is 2.08. The van der Waals surface area contributed by atoms with Crippen molar-refractivity contribution in [3.63, 3.8) is 0 Å². The minimum Gasteiger partial charge on any atom is -0.362 e. The molecule has 0 saturated carbocycles. The topological polar surface area (TPSA) is 47.3 Å². The van der Waals surface area contributed by atoms with E-state index in [0.717, 1.165) is 13.0 Å². The van der Waals surface area contributed by atoms with Crippen molar-refractivity contribution in [3.8, 4) is 0 Å². The van der Waals surface area contributed by atoms with Crippen LogP contribution < -0.4 is 11.3 Å². The van der Waals surface area contributed by atoms with Crippen LogP contribution in [-0.2, 0) is 4.74 Å². The molecule has 0 bridgehead atoms. The summed E-state index contributed by atoms with van der Waals surface area (Å²) in [7, 11) is 0. The van der Waals surface area contributed by atoms with Crippen LogP contribution in [0.3, 0.4) is 0 Å². The normalized spacial score (nSPS) is 30.4. The van der Waals surface area contributed by atoms with Gasteiger partial charge in [-0.15, -0.1) is 0 Å². The van der Waals surface area contributed by atoms with Gasteiger partial charge in [-0.1, -0.05) is 0 Å². The fourth-order valence-electron chi connectivity index (χ4n) is 0.872. The van der Waals surface area contributed by atoms with Crippen LogP contribution in [0, 0.1) is 0 Å². The summed E-state index contributed by atoms with van der Waals surface area (Å²) in [6.45, 7) is 0.856. The van der Waals surface area contributed by atoms with Gasteiger partial charge in [0.15, 0.2) is 0 Å². The van der Waals surface area contributed by atoms with E-state index in [9.17, 15) is 0 Å². The Balaban J connectivity index is 2.13. The van der Waals surface area contributed by atoms with Gasteiger partial charge in [0.1, 0.15) is 6.23 Å². The Morgan fingerprint density at radius 2 is 2.38 bits per heavy atom. The van der Waals surface area contributed by atoms with Crippen LogP contribution in [0.4, 0.5) is 0 Å². The molecule has 8 heavy (non-hydrogen) atoms. The van der Waals surface area contributed by atoms with Crippen LogP contribution in [0.2, 0.25) is 0 Å². The first-order valence-electron chi connectivity index (χ1n) is 3.01. The summed E-state index contributed by atoms with van der Waals surface area (Å²) in [4.78, 5) is 0. The van der Waals surface area contributed by atoms with Gasteiger partial charge in [-0.2, -0.15) is 0 Å². The average molecular weight is 116 g/mol. The molecule has 48 valence electrons. The summed E-state index contributed by atoms with van der Waals surface area (Å²) >= 11 is 0. The van der Waals surface area contributed by atoms with E-state index in [1.54, 1.807) is 0 Å². The quantitative estimate of drug-likeness (QED) is 0.374. The van der Waals surface area contributed by atoms with E-state index < -0.39 is 0 Å². The standard InChI is InChI=1S/C5H12N2O/c6-7-5-3-1-2-4-8-5/h5,7H,1-4,6H2. The molecule has 0 amide bonds. The van der Waals surface area contributed by atoms with Crippen molar-refractivity contribution in [1.29, 1.82) is 0 Å². The van der Waals surface area contributed by atoms with Gasteiger partial charge in [0.25, 0.3) is 0 Å². The lowest BCUT2D eigenvalue weighted by molar-refractivity contribution is -0.00510. The first kappa shape index (κ1) is 6.01. The number of hydrazine groups is 1. The second-order valence-corrected chi connectivity index (χ2v) is 2.02. The Morgan fingerprint density at radius 1 is 1.50 bits per heavy atom. The number of ether oxygens (including phenoxy) is 1. The Bertz CT molecular complexity index is 61.4. The molecule has 3 heteroatoms. The van der Waals surface area contributed by atoms with Crippen LogP contribution in [0.1, 0.15) is 19.3 Å². The molecule has 3 nitrogen and oxygen atoms in total. The summed E-state index contributed by atoms with van der Waals surface area (Å²) in [5.74, 6) is 5.13. The molecule has 0 aromatic heterocycles. The van der Waals surface area contributed by atoms with Gasteiger partial charge in [0.05, 0.1) is 0 Å². The number of nitrogens with two attached hydrogens (primary N) is 1. The van der Waals surface area contributed by atoms with Crippen molar-refractivity contribution in [2.75, 3.05) is 6.61 Å². The lowest BCUT2D eigenvalue weighted by Gasteiger charge is -2.20. The van der Waals surface area contributed by atoms with Gasteiger partial charge in [-0.25, -0.2) is 5.43 Å². The molecule has 1 aliphatic heterocycles. The van der Waals surface area contributed by atoms with E-state index in [2.05, 4.69) is 5.43 Å². The first-order valence-corrected chi connectivity index (χ1v) is 3.01. The second kappa shape index (κ2) is 3.02. The van der Waals surface area contributed by atoms with Gasteiger partial charge in [-0.3, -0.25) is 5.84 Å². The molecule has 1 aliphatic rings. The van der Waals surface area contributed by atoms with Gasteiger partial charge in [0, 0.05) is 6.61 Å². The molecule has 1 heterocycles. The maximum absolute atomic E-state index is 5.19. The highest BCUT2D eigenvalue weighted by atomic mass is 16.5. The largest absolute Gasteiger partial charge is 0.362 e. The zero-order valence-corrected chi connectivity index (χ0v) is 4.89. The minimum absolute atomic E-state index is 0.115. The molecule has 0 spiro atoms. The van der Waals surface area contributed by atoms with Crippen molar-refractivity contribution in [2.24, 2.45) is 5.84 Å². The van der Waals surface area contributed by atoms with Crippen molar-refractivity contribution in [2.45, 2.75) is 25.5 Å². The third-order valence-corrected chi connectivity index (χ3v) is 1.37. The molecular weight excluding hydrogens is 104 g/mol. The number of hydrogen-bond acceptors (Lipinski definition) is 3. The molecule has 1 rings (SSSR count). The van der Waals surface area contributed by atoms with E-state index in [4.69, 9.17) is 10.6 Å². The summed E-state index contributed by atoms with van der Waals surface area (Å²) in [6, 6.07) is 0. The zero-order valence-electron chi connectivity index (χ0n) is 4.89.